The molecule has 3 unspecified atom stereocenters. The molecule has 1 fully saturated rings. The second-order valence-electron chi connectivity index (χ2n) is 9.17. The normalized spacial score (nSPS) is 21.3. The largest absolute Gasteiger partial charge is 0.481 e. The van der Waals surface area contributed by atoms with Crippen LogP contribution in [0.15, 0.2) is 0 Å². The summed E-state index contributed by atoms with van der Waals surface area (Å²) in [6, 6.07) is 0. The highest BCUT2D eigenvalue weighted by Gasteiger charge is 2.29. The molecule has 0 spiro atoms. The predicted octanol–water partition coefficient (Wildman–Crippen LogP) is 4.51. The molecule has 31 heavy (non-hydrogen) atoms. The Labute approximate surface area is 184 Å². The molecule has 0 aromatic carbocycles. The van der Waals surface area contributed by atoms with Crippen LogP contribution in [0.5, 0.6) is 0 Å². The molecule has 3 atom stereocenters. The number of aliphatic carboxylic acids is 4. The summed E-state index contributed by atoms with van der Waals surface area (Å²) in [7, 11) is 0. The van der Waals surface area contributed by atoms with Gasteiger partial charge in [0, 0.05) is 0 Å². The first-order valence-corrected chi connectivity index (χ1v) is 11.5. The lowest BCUT2D eigenvalue weighted by atomic mass is 9.71. The number of rotatable bonds is 16. The Morgan fingerprint density at radius 1 is 0.645 bits per heavy atom. The van der Waals surface area contributed by atoms with Gasteiger partial charge in [-0.25, -0.2) is 0 Å². The molecule has 4 N–H and O–H groups in total. The molecule has 1 rings (SSSR count). The Morgan fingerprint density at radius 2 is 1.06 bits per heavy atom. The molecule has 1 aliphatic rings. The fourth-order valence-corrected chi connectivity index (χ4v) is 4.86. The van der Waals surface area contributed by atoms with Crippen molar-refractivity contribution in [3.63, 3.8) is 0 Å². The maximum Gasteiger partial charge on any atom is 0.317 e. The smallest absolute Gasteiger partial charge is 0.317 e. The number of unbranched alkanes of at least 4 members (excludes halogenated alkanes) is 4. The molecule has 0 heterocycles. The van der Waals surface area contributed by atoms with E-state index in [0.29, 0.717) is 30.6 Å². The standard InChI is InChI=1S/C23H38O8/c1-15-12-13-16(8-4-2-6-10-18(20(24)25)21(26)27)17(14-15)9-5-3-7-11-19(22(28)29)23(30)31/h15-19H,2-14H2,1H3,(H,24,25)(H,26,27)(H,28,29)(H,30,31). The van der Waals surface area contributed by atoms with Crippen molar-refractivity contribution in [2.45, 2.75) is 90.4 Å². The van der Waals surface area contributed by atoms with Crippen molar-refractivity contribution < 1.29 is 39.6 Å². The van der Waals surface area contributed by atoms with Gasteiger partial charge >= 0.3 is 23.9 Å². The van der Waals surface area contributed by atoms with Crippen LogP contribution in [0.25, 0.3) is 0 Å². The summed E-state index contributed by atoms with van der Waals surface area (Å²) in [6.45, 7) is 2.27. The van der Waals surface area contributed by atoms with Crippen molar-refractivity contribution in [3.05, 3.63) is 0 Å². The van der Waals surface area contributed by atoms with Gasteiger partial charge in [0.05, 0.1) is 0 Å². The summed E-state index contributed by atoms with van der Waals surface area (Å²) in [6.07, 6.45) is 10.9. The molecule has 0 saturated heterocycles. The van der Waals surface area contributed by atoms with Crippen molar-refractivity contribution >= 4 is 23.9 Å². The molecule has 0 amide bonds. The maximum absolute atomic E-state index is 10.9. The van der Waals surface area contributed by atoms with E-state index in [4.69, 9.17) is 20.4 Å². The number of carboxylic acid groups (broad SMARTS) is 4. The van der Waals surface area contributed by atoms with E-state index < -0.39 is 35.7 Å². The molecule has 0 aromatic heterocycles. The zero-order valence-corrected chi connectivity index (χ0v) is 18.5. The Kier molecular flexibility index (Phi) is 12.2. The third-order valence-corrected chi connectivity index (χ3v) is 6.73. The Hall–Kier alpha value is -2.12. The predicted molar refractivity (Wildman–Crippen MR) is 114 cm³/mol. The van der Waals surface area contributed by atoms with Crippen LogP contribution >= 0.6 is 0 Å². The van der Waals surface area contributed by atoms with E-state index in [2.05, 4.69) is 6.92 Å². The van der Waals surface area contributed by atoms with Crippen LogP contribution in [0.4, 0.5) is 0 Å². The summed E-state index contributed by atoms with van der Waals surface area (Å²) in [5.41, 5.74) is 0. The number of carboxylic acids is 4. The van der Waals surface area contributed by atoms with E-state index in [9.17, 15) is 19.2 Å². The summed E-state index contributed by atoms with van der Waals surface area (Å²) >= 11 is 0. The molecular weight excluding hydrogens is 404 g/mol. The van der Waals surface area contributed by atoms with Crippen molar-refractivity contribution in [2.24, 2.45) is 29.6 Å². The molecule has 1 aliphatic carbocycles. The topological polar surface area (TPSA) is 149 Å². The number of hydrogen-bond acceptors (Lipinski definition) is 4. The molecule has 8 heteroatoms. The van der Waals surface area contributed by atoms with Crippen LogP contribution in [0.1, 0.15) is 90.4 Å². The third kappa shape index (κ3) is 10.2. The summed E-state index contributed by atoms with van der Waals surface area (Å²) < 4.78 is 0. The van der Waals surface area contributed by atoms with Gasteiger partial charge < -0.3 is 20.4 Å². The van der Waals surface area contributed by atoms with Gasteiger partial charge in [0.15, 0.2) is 11.8 Å². The SMILES string of the molecule is CC1CCC(CCCCCC(C(=O)O)C(=O)O)C(CCCCCC(C(=O)O)C(=O)O)C1. The second-order valence-corrected chi connectivity index (χ2v) is 9.17. The molecule has 0 bridgehead atoms. The summed E-state index contributed by atoms with van der Waals surface area (Å²) in [5.74, 6) is -5.79. The van der Waals surface area contributed by atoms with E-state index in [1.54, 1.807) is 0 Å². The highest BCUT2D eigenvalue weighted by Crippen LogP contribution is 2.39. The first-order valence-electron chi connectivity index (χ1n) is 11.5. The van der Waals surface area contributed by atoms with Crippen molar-refractivity contribution in [2.75, 3.05) is 0 Å². The van der Waals surface area contributed by atoms with Gasteiger partial charge in [0.25, 0.3) is 0 Å². The van der Waals surface area contributed by atoms with Crippen LogP contribution in [0, 0.1) is 29.6 Å². The van der Waals surface area contributed by atoms with Crippen LogP contribution in [0.3, 0.4) is 0 Å². The van der Waals surface area contributed by atoms with Gasteiger partial charge in [0.2, 0.25) is 0 Å². The van der Waals surface area contributed by atoms with Crippen LogP contribution in [-0.4, -0.2) is 44.3 Å². The van der Waals surface area contributed by atoms with Crippen molar-refractivity contribution in [1.82, 2.24) is 0 Å². The Balaban J connectivity index is 2.33. The average molecular weight is 443 g/mol. The lowest BCUT2D eigenvalue weighted by Gasteiger charge is -2.35. The zero-order chi connectivity index (χ0) is 23.4. The van der Waals surface area contributed by atoms with E-state index in [-0.39, 0.29) is 12.8 Å². The summed E-state index contributed by atoms with van der Waals surface area (Å²) in [5, 5.41) is 35.7. The van der Waals surface area contributed by atoms with Gasteiger partial charge in [0.1, 0.15) is 0 Å². The molecular formula is C23H38O8. The first kappa shape index (κ1) is 26.9. The highest BCUT2D eigenvalue weighted by molar-refractivity contribution is 5.93. The number of carbonyl (C=O) groups is 4. The Morgan fingerprint density at radius 3 is 1.48 bits per heavy atom. The Bertz CT molecular complexity index is 574. The molecule has 8 nitrogen and oxygen atoms in total. The average Bonchev–Trinajstić information content (AvgIpc) is 2.67. The molecule has 0 aliphatic heterocycles. The number of hydrogen-bond donors (Lipinski definition) is 4. The molecule has 0 aromatic rings. The second kappa shape index (κ2) is 14.0. The summed E-state index contributed by atoms with van der Waals surface area (Å²) in [4.78, 5) is 43.8. The van der Waals surface area contributed by atoms with Crippen molar-refractivity contribution in [3.8, 4) is 0 Å². The van der Waals surface area contributed by atoms with Gasteiger partial charge in [-0.1, -0.05) is 64.7 Å². The van der Waals surface area contributed by atoms with E-state index in [1.165, 1.54) is 19.3 Å². The molecule has 0 radical (unpaired) electrons. The minimum atomic E-state index is -1.32. The van der Waals surface area contributed by atoms with E-state index >= 15 is 0 Å². The van der Waals surface area contributed by atoms with E-state index in [0.717, 1.165) is 38.5 Å². The third-order valence-electron chi connectivity index (χ3n) is 6.73. The van der Waals surface area contributed by atoms with Crippen LogP contribution in [-0.2, 0) is 19.2 Å². The van der Waals surface area contributed by atoms with Crippen molar-refractivity contribution in [1.29, 1.82) is 0 Å². The fraction of sp³-hybridized carbons (Fsp3) is 0.826. The molecule has 1 saturated carbocycles. The fourth-order valence-electron chi connectivity index (χ4n) is 4.86. The monoisotopic (exact) mass is 442 g/mol. The molecule has 178 valence electrons. The van der Waals surface area contributed by atoms with Gasteiger partial charge in [-0.3, -0.25) is 19.2 Å². The minimum absolute atomic E-state index is 0.169. The lowest BCUT2D eigenvalue weighted by molar-refractivity contribution is -0.156. The first-order chi connectivity index (χ1) is 14.6. The van der Waals surface area contributed by atoms with E-state index in [1.807, 2.05) is 0 Å². The van der Waals surface area contributed by atoms with Gasteiger partial charge in [-0.15, -0.1) is 0 Å². The quantitative estimate of drug-likeness (QED) is 0.201. The zero-order valence-electron chi connectivity index (χ0n) is 18.5. The minimum Gasteiger partial charge on any atom is -0.481 e. The van der Waals surface area contributed by atoms with Crippen LogP contribution < -0.4 is 0 Å². The van der Waals surface area contributed by atoms with Crippen LogP contribution in [0.2, 0.25) is 0 Å². The highest BCUT2D eigenvalue weighted by atomic mass is 16.4. The van der Waals surface area contributed by atoms with Gasteiger partial charge in [-0.05, 0) is 43.4 Å². The maximum atomic E-state index is 10.9. The lowest BCUT2D eigenvalue weighted by Crippen LogP contribution is -2.24. The van der Waals surface area contributed by atoms with Gasteiger partial charge in [-0.2, -0.15) is 0 Å².